The molecule has 0 bridgehead atoms. The predicted octanol–water partition coefficient (Wildman–Crippen LogP) is 2.07. The molecule has 2 N–H and O–H groups in total. The Morgan fingerprint density at radius 3 is 2.88 bits per heavy atom. The molecule has 1 aliphatic heterocycles. The summed E-state index contributed by atoms with van der Waals surface area (Å²) in [7, 11) is 0. The number of aromatic hydroxyl groups is 1. The minimum atomic E-state index is -0.432. The van der Waals surface area contributed by atoms with Crippen molar-refractivity contribution in [3.8, 4) is 11.5 Å². The average molecular weight is 235 g/mol. The van der Waals surface area contributed by atoms with Gasteiger partial charge in [-0.05, 0) is 44.5 Å². The van der Waals surface area contributed by atoms with Crippen molar-refractivity contribution in [1.29, 1.82) is 0 Å². The number of hydrogen-bond acceptors (Lipinski definition) is 4. The summed E-state index contributed by atoms with van der Waals surface area (Å²) in [6.45, 7) is 2.89. The van der Waals surface area contributed by atoms with Gasteiger partial charge < -0.3 is 9.84 Å². The van der Waals surface area contributed by atoms with E-state index >= 15 is 0 Å². The van der Waals surface area contributed by atoms with Gasteiger partial charge in [-0.1, -0.05) is 0 Å². The van der Waals surface area contributed by atoms with Crippen LogP contribution in [0.3, 0.4) is 0 Å². The Morgan fingerprint density at radius 1 is 1.47 bits per heavy atom. The third kappa shape index (κ3) is 2.77. The number of carbonyl (C=O) groups is 1. The lowest BCUT2D eigenvalue weighted by atomic mass is 10.0. The monoisotopic (exact) mass is 235 g/mol. The van der Waals surface area contributed by atoms with Gasteiger partial charge in [0.15, 0.2) is 17.2 Å². The van der Waals surface area contributed by atoms with E-state index in [1.54, 1.807) is 12.1 Å². The first-order valence-corrected chi connectivity index (χ1v) is 5.85. The summed E-state index contributed by atoms with van der Waals surface area (Å²) in [4.78, 5) is 10.6. The van der Waals surface area contributed by atoms with Crippen LogP contribution in [-0.2, 0) is 0 Å². The molecule has 1 atom stereocenters. The number of ether oxygens (including phenoxy) is 1. The van der Waals surface area contributed by atoms with Crippen molar-refractivity contribution >= 4 is 6.29 Å². The maximum absolute atomic E-state index is 10.6. The molecule has 1 fully saturated rings. The van der Waals surface area contributed by atoms with Crippen molar-refractivity contribution in [3.63, 3.8) is 0 Å². The second-order valence-corrected chi connectivity index (χ2v) is 4.56. The van der Waals surface area contributed by atoms with E-state index in [-0.39, 0.29) is 5.75 Å². The standard InChI is InChI=1S/C13H17NO3/c1-13(6-2-3-7-14-13)17-12-5-4-10(9-15)8-11(12)16/h4-5,8-9,14,16H,2-3,6-7H2,1H3/t13-/m1/s1. The van der Waals surface area contributed by atoms with Crippen molar-refractivity contribution in [3.05, 3.63) is 23.8 Å². The molecule has 1 aliphatic rings. The van der Waals surface area contributed by atoms with Crippen LogP contribution < -0.4 is 10.1 Å². The Morgan fingerprint density at radius 2 is 2.29 bits per heavy atom. The molecular weight excluding hydrogens is 218 g/mol. The fraction of sp³-hybridized carbons (Fsp3) is 0.462. The topological polar surface area (TPSA) is 58.6 Å². The van der Waals surface area contributed by atoms with Gasteiger partial charge >= 0.3 is 0 Å². The van der Waals surface area contributed by atoms with Crippen molar-refractivity contribution in [2.24, 2.45) is 0 Å². The Bertz CT molecular complexity index is 411. The van der Waals surface area contributed by atoms with Gasteiger partial charge in [-0.3, -0.25) is 10.1 Å². The summed E-state index contributed by atoms with van der Waals surface area (Å²) >= 11 is 0. The summed E-state index contributed by atoms with van der Waals surface area (Å²) < 4.78 is 5.80. The van der Waals surface area contributed by atoms with Gasteiger partial charge in [-0.15, -0.1) is 0 Å². The van der Waals surface area contributed by atoms with E-state index in [1.165, 1.54) is 6.07 Å². The minimum absolute atomic E-state index is 0.00296. The van der Waals surface area contributed by atoms with Crippen molar-refractivity contribution in [1.82, 2.24) is 5.32 Å². The first-order chi connectivity index (χ1) is 8.13. The molecule has 1 aromatic rings. The van der Waals surface area contributed by atoms with E-state index in [4.69, 9.17) is 4.74 Å². The predicted molar refractivity (Wildman–Crippen MR) is 64.4 cm³/mol. The smallest absolute Gasteiger partial charge is 0.163 e. The molecule has 92 valence electrons. The lowest BCUT2D eigenvalue weighted by Gasteiger charge is -2.35. The summed E-state index contributed by atoms with van der Waals surface area (Å²) in [6.07, 6.45) is 3.86. The molecule has 17 heavy (non-hydrogen) atoms. The maximum Gasteiger partial charge on any atom is 0.163 e. The van der Waals surface area contributed by atoms with Gasteiger partial charge in [0, 0.05) is 12.0 Å². The van der Waals surface area contributed by atoms with Crippen molar-refractivity contribution < 1.29 is 14.6 Å². The number of hydrogen-bond donors (Lipinski definition) is 2. The molecule has 0 radical (unpaired) electrons. The second-order valence-electron chi connectivity index (χ2n) is 4.56. The maximum atomic E-state index is 10.6. The van der Waals surface area contributed by atoms with E-state index in [0.29, 0.717) is 17.6 Å². The molecule has 4 nitrogen and oxygen atoms in total. The molecule has 1 saturated heterocycles. The van der Waals surface area contributed by atoms with Crippen LogP contribution in [0.15, 0.2) is 18.2 Å². The number of phenols is 1. The number of carbonyl (C=O) groups excluding carboxylic acids is 1. The molecule has 0 saturated carbocycles. The van der Waals surface area contributed by atoms with Crippen LogP contribution in [0.5, 0.6) is 11.5 Å². The summed E-state index contributed by atoms with van der Waals surface area (Å²) in [5, 5.41) is 13.1. The van der Waals surface area contributed by atoms with Gasteiger partial charge in [0.1, 0.15) is 6.29 Å². The molecule has 0 aliphatic carbocycles. The molecule has 4 heteroatoms. The van der Waals surface area contributed by atoms with Crippen LogP contribution in [-0.4, -0.2) is 23.7 Å². The van der Waals surface area contributed by atoms with Gasteiger partial charge in [0.25, 0.3) is 0 Å². The SMILES string of the molecule is C[C@@]1(Oc2ccc(C=O)cc2O)CCCCN1. The zero-order valence-corrected chi connectivity index (χ0v) is 9.90. The highest BCUT2D eigenvalue weighted by Gasteiger charge is 2.28. The largest absolute Gasteiger partial charge is 0.504 e. The third-order valence-corrected chi connectivity index (χ3v) is 3.03. The quantitative estimate of drug-likeness (QED) is 0.787. The fourth-order valence-corrected chi connectivity index (χ4v) is 2.05. The number of aldehydes is 1. The van der Waals surface area contributed by atoms with Crippen LogP contribution in [0.1, 0.15) is 36.5 Å². The molecule has 0 spiro atoms. The van der Waals surface area contributed by atoms with E-state index in [1.807, 2.05) is 6.92 Å². The minimum Gasteiger partial charge on any atom is -0.504 e. The molecule has 1 aromatic carbocycles. The number of phenolic OH excluding ortho intramolecular Hbond substituents is 1. The number of benzene rings is 1. The van der Waals surface area contributed by atoms with Gasteiger partial charge in [-0.25, -0.2) is 0 Å². The first kappa shape index (κ1) is 11.9. The zero-order chi connectivity index (χ0) is 12.3. The average Bonchev–Trinajstić information content (AvgIpc) is 2.32. The molecule has 0 unspecified atom stereocenters. The lowest BCUT2D eigenvalue weighted by molar-refractivity contribution is 0.0232. The van der Waals surface area contributed by atoms with Crippen molar-refractivity contribution in [2.75, 3.05) is 6.54 Å². The Labute approximate surface area is 101 Å². The highest BCUT2D eigenvalue weighted by Crippen LogP contribution is 2.31. The Kier molecular flexibility index (Phi) is 3.33. The van der Waals surface area contributed by atoms with Gasteiger partial charge in [0.2, 0.25) is 0 Å². The molecule has 1 heterocycles. The number of rotatable bonds is 3. The van der Waals surface area contributed by atoms with Crippen LogP contribution in [0, 0.1) is 0 Å². The van der Waals surface area contributed by atoms with Crippen LogP contribution in [0.4, 0.5) is 0 Å². The normalized spacial score (nSPS) is 24.3. The highest BCUT2D eigenvalue weighted by molar-refractivity contribution is 5.76. The number of nitrogens with one attached hydrogen (secondary N) is 1. The number of piperidine rings is 1. The first-order valence-electron chi connectivity index (χ1n) is 5.85. The molecule has 2 rings (SSSR count). The van der Waals surface area contributed by atoms with Crippen LogP contribution in [0.2, 0.25) is 0 Å². The Hall–Kier alpha value is -1.55. The third-order valence-electron chi connectivity index (χ3n) is 3.03. The molecular formula is C13H17NO3. The lowest BCUT2D eigenvalue weighted by Crippen LogP contribution is -2.50. The molecule has 0 amide bonds. The van der Waals surface area contributed by atoms with Gasteiger partial charge in [0.05, 0.1) is 0 Å². The summed E-state index contributed by atoms with van der Waals surface area (Å²) in [5.41, 5.74) is 0.00918. The van der Waals surface area contributed by atoms with E-state index < -0.39 is 5.72 Å². The van der Waals surface area contributed by atoms with Gasteiger partial charge in [-0.2, -0.15) is 0 Å². The zero-order valence-electron chi connectivity index (χ0n) is 9.90. The molecule has 0 aromatic heterocycles. The van der Waals surface area contributed by atoms with Crippen LogP contribution >= 0.6 is 0 Å². The Balaban J connectivity index is 2.15. The fourth-order valence-electron chi connectivity index (χ4n) is 2.05. The van der Waals surface area contributed by atoms with E-state index in [9.17, 15) is 9.90 Å². The summed E-state index contributed by atoms with van der Waals surface area (Å²) in [6, 6.07) is 4.67. The summed E-state index contributed by atoms with van der Waals surface area (Å²) in [5.74, 6) is 0.413. The highest BCUT2D eigenvalue weighted by atomic mass is 16.5. The second kappa shape index (κ2) is 4.75. The van der Waals surface area contributed by atoms with E-state index in [2.05, 4.69) is 5.32 Å². The van der Waals surface area contributed by atoms with E-state index in [0.717, 1.165) is 25.8 Å². The van der Waals surface area contributed by atoms with Crippen LogP contribution in [0.25, 0.3) is 0 Å². The van der Waals surface area contributed by atoms with Crippen molar-refractivity contribution in [2.45, 2.75) is 31.9 Å².